The van der Waals surface area contributed by atoms with Gasteiger partial charge in [0.05, 0.1) is 23.9 Å². The molecule has 24 heavy (non-hydrogen) atoms. The molecule has 0 saturated carbocycles. The van der Waals surface area contributed by atoms with Gasteiger partial charge >= 0.3 is 0 Å². The van der Waals surface area contributed by atoms with Crippen LogP contribution in [0.25, 0.3) is 0 Å². The van der Waals surface area contributed by atoms with Crippen LogP contribution >= 0.6 is 0 Å². The Morgan fingerprint density at radius 2 is 2.12 bits per heavy atom. The van der Waals surface area contributed by atoms with E-state index in [2.05, 4.69) is 10.3 Å². The van der Waals surface area contributed by atoms with Crippen LogP contribution in [0.2, 0.25) is 0 Å². The Bertz CT molecular complexity index is 860. The number of benzene rings is 1. The Morgan fingerprint density at radius 3 is 2.79 bits per heavy atom. The van der Waals surface area contributed by atoms with Gasteiger partial charge in [0, 0.05) is 19.3 Å². The molecule has 1 saturated heterocycles. The zero-order chi connectivity index (χ0) is 17.2. The summed E-state index contributed by atoms with van der Waals surface area (Å²) >= 11 is 0. The zero-order valence-corrected chi connectivity index (χ0v) is 13.7. The van der Waals surface area contributed by atoms with Crippen LogP contribution in [0.3, 0.4) is 0 Å². The highest BCUT2D eigenvalue weighted by Crippen LogP contribution is 2.27. The lowest BCUT2D eigenvalue weighted by atomic mass is 10.1. The first-order chi connectivity index (χ1) is 11.5. The van der Waals surface area contributed by atoms with Gasteiger partial charge in [0.15, 0.2) is 0 Å². The van der Waals surface area contributed by atoms with Gasteiger partial charge in [-0.3, -0.25) is 0 Å². The van der Waals surface area contributed by atoms with Crippen LogP contribution in [-0.2, 0) is 10.0 Å². The molecule has 0 spiro atoms. The molecular formula is C15H16FN5O2S. The zero-order valence-electron chi connectivity index (χ0n) is 12.8. The quantitative estimate of drug-likeness (QED) is 0.841. The van der Waals surface area contributed by atoms with Gasteiger partial charge in [0.2, 0.25) is 10.0 Å². The summed E-state index contributed by atoms with van der Waals surface area (Å²) in [6.45, 7) is 0.610. The second-order valence-corrected chi connectivity index (χ2v) is 7.54. The van der Waals surface area contributed by atoms with Crippen LogP contribution in [0, 0.1) is 17.1 Å². The summed E-state index contributed by atoms with van der Waals surface area (Å²) in [6.07, 6.45) is 5.37. The number of rotatable bonds is 3. The molecule has 9 heteroatoms. The minimum atomic E-state index is -3.93. The van der Waals surface area contributed by atoms with E-state index in [4.69, 9.17) is 5.26 Å². The summed E-state index contributed by atoms with van der Waals surface area (Å²) in [5, 5.41) is 16.5. The summed E-state index contributed by atoms with van der Waals surface area (Å²) < 4.78 is 42.6. The Kier molecular flexibility index (Phi) is 4.59. The Morgan fingerprint density at radius 1 is 1.29 bits per heavy atom. The Balaban J connectivity index is 1.82. The van der Waals surface area contributed by atoms with Gasteiger partial charge in [0.25, 0.3) is 0 Å². The number of sulfonamides is 1. The van der Waals surface area contributed by atoms with E-state index in [1.165, 1.54) is 10.4 Å². The van der Waals surface area contributed by atoms with Gasteiger partial charge in [-0.2, -0.15) is 9.57 Å². The van der Waals surface area contributed by atoms with Crippen molar-refractivity contribution in [3.63, 3.8) is 0 Å². The summed E-state index contributed by atoms with van der Waals surface area (Å²) in [5.74, 6) is -0.897. The molecule has 0 N–H and O–H groups in total. The van der Waals surface area contributed by atoms with Crippen LogP contribution in [0.5, 0.6) is 0 Å². The van der Waals surface area contributed by atoms with Crippen molar-refractivity contribution in [2.45, 2.75) is 30.2 Å². The molecule has 126 valence electrons. The first-order valence-corrected chi connectivity index (χ1v) is 9.02. The third kappa shape index (κ3) is 3.16. The van der Waals surface area contributed by atoms with Crippen molar-refractivity contribution in [2.75, 3.05) is 13.1 Å². The van der Waals surface area contributed by atoms with Gasteiger partial charge in [-0.1, -0.05) is 5.21 Å². The minimum Gasteiger partial charge on any atom is -0.249 e. The van der Waals surface area contributed by atoms with Crippen molar-refractivity contribution in [2.24, 2.45) is 0 Å². The molecule has 0 aliphatic carbocycles. The topological polar surface area (TPSA) is 91.9 Å². The Labute approximate surface area is 139 Å². The van der Waals surface area contributed by atoms with Gasteiger partial charge in [-0.15, -0.1) is 5.10 Å². The van der Waals surface area contributed by atoms with Crippen molar-refractivity contribution in [3.05, 3.63) is 42.0 Å². The number of hydrogen-bond acceptors (Lipinski definition) is 5. The van der Waals surface area contributed by atoms with Gasteiger partial charge in [0.1, 0.15) is 10.7 Å². The highest BCUT2D eigenvalue weighted by Gasteiger charge is 2.30. The second kappa shape index (κ2) is 6.67. The molecule has 1 aromatic carbocycles. The molecule has 7 nitrogen and oxygen atoms in total. The lowest BCUT2D eigenvalue weighted by Gasteiger charge is -2.20. The molecule has 1 unspecified atom stereocenters. The summed E-state index contributed by atoms with van der Waals surface area (Å²) in [7, 11) is -3.93. The average molecular weight is 349 g/mol. The van der Waals surface area contributed by atoms with E-state index in [-0.39, 0.29) is 23.0 Å². The molecule has 1 fully saturated rings. The first-order valence-electron chi connectivity index (χ1n) is 7.58. The van der Waals surface area contributed by atoms with E-state index in [1.54, 1.807) is 23.1 Å². The van der Waals surface area contributed by atoms with Crippen molar-refractivity contribution >= 4 is 10.0 Å². The van der Waals surface area contributed by atoms with Gasteiger partial charge < -0.3 is 0 Å². The number of nitriles is 1. The lowest BCUT2D eigenvalue weighted by Crippen LogP contribution is -2.32. The van der Waals surface area contributed by atoms with E-state index >= 15 is 0 Å². The van der Waals surface area contributed by atoms with Gasteiger partial charge in [-0.05, 0) is 37.5 Å². The van der Waals surface area contributed by atoms with Crippen molar-refractivity contribution in [3.8, 4) is 6.07 Å². The van der Waals surface area contributed by atoms with Crippen molar-refractivity contribution in [1.29, 1.82) is 5.26 Å². The molecule has 0 radical (unpaired) electrons. The van der Waals surface area contributed by atoms with E-state index in [0.29, 0.717) is 19.4 Å². The highest BCUT2D eigenvalue weighted by atomic mass is 32.2. The molecular weight excluding hydrogens is 333 g/mol. The molecule has 1 atom stereocenters. The maximum Gasteiger partial charge on any atom is 0.245 e. The molecule has 1 aliphatic heterocycles. The molecule has 3 rings (SSSR count). The summed E-state index contributed by atoms with van der Waals surface area (Å²) in [5.41, 5.74) is 0.0913. The minimum absolute atomic E-state index is 0.0820. The average Bonchev–Trinajstić information content (AvgIpc) is 2.98. The highest BCUT2D eigenvalue weighted by molar-refractivity contribution is 7.89. The third-order valence-electron chi connectivity index (χ3n) is 4.15. The molecule has 0 amide bonds. The fourth-order valence-electron chi connectivity index (χ4n) is 2.89. The van der Waals surface area contributed by atoms with Crippen LogP contribution in [0.15, 0.2) is 35.5 Å². The third-order valence-corrected chi connectivity index (χ3v) is 6.08. The van der Waals surface area contributed by atoms with E-state index in [0.717, 1.165) is 18.6 Å². The van der Waals surface area contributed by atoms with E-state index in [9.17, 15) is 12.8 Å². The van der Waals surface area contributed by atoms with Crippen LogP contribution < -0.4 is 0 Å². The fourth-order valence-corrected chi connectivity index (χ4v) is 4.43. The number of hydrogen-bond donors (Lipinski definition) is 0. The smallest absolute Gasteiger partial charge is 0.245 e. The SMILES string of the molecule is N#Cc1ccc(S(=O)(=O)N2CCCC(n3ccnn3)CC2)c(F)c1. The first kappa shape index (κ1) is 16.5. The summed E-state index contributed by atoms with van der Waals surface area (Å²) in [6, 6.07) is 5.29. The van der Waals surface area contributed by atoms with Crippen LogP contribution in [0.1, 0.15) is 30.9 Å². The standard InChI is InChI=1S/C15H16FN5O2S/c16-14-10-12(11-17)3-4-15(14)24(22,23)20-7-1-2-13(5-8-20)21-9-6-18-19-21/h3-4,6,9-10,13H,1-2,5,7-8H2. The Hall–Kier alpha value is -2.31. The number of aromatic nitrogens is 3. The molecule has 1 aliphatic rings. The number of halogens is 1. The molecule has 2 heterocycles. The van der Waals surface area contributed by atoms with Crippen LogP contribution in [-0.4, -0.2) is 40.8 Å². The monoisotopic (exact) mass is 349 g/mol. The fraction of sp³-hybridized carbons (Fsp3) is 0.400. The van der Waals surface area contributed by atoms with Crippen molar-refractivity contribution < 1.29 is 12.8 Å². The van der Waals surface area contributed by atoms with E-state index < -0.39 is 15.8 Å². The van der Waals surface area contributed by atoms with Crippen molar-refractivity contribution in [1.82, 2.24) is 19.3 Å². The normalized spacial score (nSPS) is 19.6. The predicted octanol–water partition coefficient (Wildman–Crippen LogP) is 1.70. The molecule has 0 bridgehead atoms. The largest absolute Gasteiger partial charge is 0.249 e. The lowest BCUT2D eigenvalue weighted by molar-refractivity contribution is 0.384. The second-order valence-electron chi connectivity index (χ2n) is 5.63. The molecule has 1 aromatic heterocycles. The summed E-state index contributed by atoms with van der Waals surface area (Å²) in [4.78, 5) is -0.388. The maximum absolute atomic E-state index is 14.1. The van der Waals surface area contributed by atoms with E-state index in [1.807, 2.05) is 0 Å². The molecule has 2 aromatic rings. The maximum atomic E-state index is 14.1. The van der Waals surface area contributed by atoms with Crippen LogP contribution in [0.4, 0.5) is 4.39 Å². The number of nitrogens with zero attached hydrogens (tertiary/aromatic N) is 5. The van der Waals surface area contributed by atoms with Gasteiger partial charge in [-0.25, -0.2) is 17.5 Å². The predicted molar refractivity (Wildman–Crippen MR) is 82.8 cm³/mol.